The summed E-state index contributed by atoms with van der Waals surface area (Å²) in [7, 11) is 2.99. The second kappa shape index (κ2) is 7.04. The highest BCUT2D eigenvalue weighted by Gasteiger charge is 2.13. The molecule has 22 heavy (non-hydrogen) atoms. The summed E-state index contributed by atoms with van der Waals surface area (Å²) in [6.07, 6.45) is 0.175. The van der Waals surface area contributed by atoms with Crippen LogP contribution < -0.4 is 14.8 Å². The topological polar surface area (TPSA) is 67.8 Å². The molecule has 0 aromatic heterocycles. The van der Waals surface area contributed by atoms with Crippen LogP contribution in [0.5, 0.6) is 17.2 Å². The normalized spacial score (nSPS) is 10.1. The summed E-state index contributed by atoms with van der Waals surface area (Å²) < 4.78 is 10.3. The highest BCUT2D eigenvalue weighted by atomic mass is 35.5. The lowest BCUT2D eigenvalue weighted by Crippen LogP contribution is -2.15. The number of carbonyl (C=O) groups excluding carboxylic acids is 1. The molecule has 0 radical (unpaired) electrons. The molecule has 0 fully saturated rings. The van der Waals surface area contributed by atoms with E-state index in [0.717, 1.165) is 5.56 Å². The second-order valence-electron chi connectivity index (χ2n) is 4.58. The number of anilines is 1. The number of halogens is 1. The molecule has 2 aromatic carbocycles. The molecule has 0 saturated carbocycles. The standard InChI is InChI=1S/C16H16ClNO4/c1-21-14-9-13(15(22-2)8-12(14)17)18-16(20)7-10-3-5-11(19)6-4-10/h3-6,8-9,19H,7H2,1-2H3,(H,18,20). The number of hydrogen-bond acceptors (Lipinski definition) is 4. The number of nitrogens with one attached hydrogen (secondary N) is 1. The molecular weight excluding hydrogens is 306 g/mol. The molecule has 0 bridgehead atoms. The Bertz CT molecular complexity index is 671. The van der Waals surface area contributed by atoms with E-state index < -0.39 is 0 Å². The Balaban J connectivity index is 2.15. The van der Waals surface area contributed by atoms with Gasteiger partial charge in [-0.1, -0.05) is 23.7 Å². The number of carbonyl (C=O) groups is 1. The Morgan fingerprint density at radius 1 is 1.14 bits per heavy atom. The van der Waals surface area contributed by atoms with Gasteiger partial charge < -0.3 is 19.9 Å². The van der Waals surface area contributed by atoms with E-state index in [9.17, 15) is 9.90 Å². The van der Waals surface area contributed by atoms with E-state index in [1.807, 2.05) is 0 Å². The number of methoxy groups -OCH3 is 2. The van der Waals surface area contributed by atoms with Crippen molar-refractivity contribution in [3.8, 4) is 17.2 Å². The molecular formula is C16H16ClNO4. The minimum Gasteiger partial charge on any atom is -0.508 e. The molecule has 5 nitrogen and oxygen atoms in total. The van der Waals surface area contributed by atoms with Crippen LogP contribution in [0.4, 0.5) is 5.69 Å². The lowest BCUT2D eigenvalue weighted by atomic mass is 10.1. The lowest BCUT2D eigenvalue weighted by Gasteiger charge is -2.13. The van der Waals surface area contributed by atoms with Gasteiger partial charge in [-0.15, -0.1) is 0 Å². The van der Waals surface area contributed by atoms with Crippen LogP contribution in [0.2, 0.25) is 5.02 Å². The molecule has 1 amide bonds. The maximum Gasteiger partial charge on any atom is 0.228 e. The summed E-state index contributed by atoms with van der Waals surface area (Å²) in [5.74, 6) is 0.842. The molecule has 2 aromatic rings. The van der Waals surface area contributed by atoms with Gasteiger partial charge in [0.1, 0.15) is 17.2 Å². The predicted octanol–water partition coefficient (Wildman–Crippen LogP) is 3.24. The first-order valence-electron chi connectivity index (χ1n) is 6.52. The van der Waals surface area contributed by atoms with Gasteiger partial charge >= 0.3 is 0 Å². The van der Waals surface area contributed by atoms with Crippen molar-refractivity contribution >= 4 is 23.2 Å². The van der Waals surface area contributed by atoms with E-state index in [1.165, 1.54) is 26.4 Å². The largest absolute Gasteiger partial charge is 0.508 e. The van der Waals surface area contributed by atoms with Gasteiger partial charge in [-0.05, 0) is 17.7 Å². The fourth-order valence-corrected chi connectivity index (χ4v) is 2.18. The number of amides is 1. The number of benzene rings is 2. The van der Waals surface area contributed by atoms with Gasteiger partial charge in [0.2, 0.25) is 5.91 Å². The molecule has 116 valence electrons. The molecule has 0 heterocycles. The van der Waals surface area contributed by atoms with Crippen molar-refractivity contribution in [3.63, 3.8) is 0 Å². The first-order valence-corrected chi connectivity index (χ1v) is 6.90. The highest BCUT2D eigenvalue weighted by Crippen LogP contribution is 2.35. The Hall–Kier alpha value is -2.40. The van der Waals surface area contributed by atoms with Crippen LogP contribution in [0, 0.1) is 0 Å². The lowest BCUT2D eigenvalue weighted by molar-refractivity contribution is -0.115. The van der Waals surface area contributed by atoms with E-state index in [4.69, 9.17) is 21.1 Å². The average Bonchev–Trinajstić information content (AvgIpc) is 2.50. The molecule has 0 unspecified atom stereocenters. The summed E-state index contributed by atoms with van der Waals surface area (Å²) in [6.45, 7) is 0. The third-order valence-corrected chi connectivity index (χ3v) is 3.34. The Morgan fingerprint density at radius 3 is 2.36 bits per heavy atom. The zero-order chi connectivity index (χ0) is 16.1. The van der Waals surface area contributed by atoms with Crippen molar-refractivity contribution in [2.24, 2.45) is 0 Å². The maximum absolute atomic E-state index is 12.1. The number of phenols is 1. The van der Waals surface area contributed by atoms with Crippen LogP contribution in [0.25, 0.3) is 0 Å². The molecule has 0 spiro atoms. The molecule has 2 N–H and O–H groups in total. The molecule has 0 aliphatic carbocycles. The first kappa shape index (κ1) is 16.0. The number of rotatable bonds is 5. The molecule has 0 aliphatic rings. The summed E-state index contributed by atoms with van der Waals surface area (Å²) in [5.41, 5.74) is 1.27. The van der Waals surface area contributed by atoms with E-state index in [-0.39, 0.29) is 18.1 Å². The van der Waals surface area contributed by atoms with Gasteiger partial charge in [0.05, 0.1) is 31.4 Å². The summed E-state index contributed by atoms with van der Waals surface area (Å²) in [4.78, 5) is 12.1. The number of phenolic OH excluding ortho intramolecular Hbond substituents is 1. The smallest absolute Gasteiger partial charge is 0.228 e. The van der Waals surface area contributed by atoms with E-state index in [0.29, 0.717) is 22.2 Å². The van der Waals surface area contributed by atoms with Crippen LogP contribution >= 0.6 is 11.6 Å². The van der Waals surface area contributed by atoms with Gasteiger partial charge in [-0.2, -0.15) is 0 Å². The molecule has 0 saturated heterocycles. The fourth-order valence-electron chi connectivity index (χ4n) is 1.95. The average molecular weight is 322 g/mol. The van der Waals surface area contributed by atoms with Crippen molar-refractivity contribution in [2.75, 3.05) is 19.5 Å². The molecule has 6 heteroatoms. The number of ether oxygens (including phenoxy) is 2. The monoisotopic (exact) mass is 321 g/mol. The van der Waals surface area contributed by atoms with Crippen molar-refractivity contribution in [1.29, 1.82) is 0 Å². The van der Waals surface area contributed by atoms with Gasteiger partial charge in [0.15, 0.2) is 0 Å². The highest BCUT2D eigenvalue weighted by molar-refractivity contribution is 6.32. The number of aromatic hydroxyl groups is 1. The minimum absolute atomic E-state index is 0.160. The quantitative estimate of drug-likeness (QED) is 0.887. The zero-order valence-electron chi connectivity index (χ0n) is 12.2. The number of hydrogen-bond donors (Lipinski definition) is 2. The molecule has 0 aliphatic heterocycles. The summed E-state index contributed by atoms with van der Waals surface area (Å²) in [6, 6.07) is 9.64. The molecule has 0 atom stereocenters. The summed E-state index contributed by atoms with van der Waals surface area (Å²) >= 11 is 6.02. The Kier molecular flexibility index (Phi) is 5.12. The van der Waals surface area contributed by atoms with Crippen molar-refractivity contribution in [2.45, 2.75) is 6.42 Å². The van der Waals surface area contributed by atoms with Gasteiger partial charge in [0, 0.05) is 12.1 Å². The second-order valence-corrected chi connectivity index (χ2v) is 4.99. The third kappa shape index (κ3) is 3.83. The van der Waals surface area contributed by atoms with Gasteiger partial charge in [-0.25, -0.2) is 0 Å². The van der Waals surface area contributed by atoms with E-state index >= 15 is 0 Å². The van der Waals surface area contributed by atoms with E-state index in [1.54, 1.807) is 24.3 Å². The third-order valence-electron chi connectivity index (χ3n) is 3.05. The zero-order valence-corrected chi connectivity index (χ0v) is 13.0. The van der Waals surface area contributed by atoms with Crippen molar-refractivity contribution in [3.05, 3.63) is 47.0 Å². The summed E-state index contributed by atoms with van der Waals surface area (Å²) in [5, 5.41) is 12.4. The van der Waals surface area contributed by atoms with Crippen LogP contribution in [-0.2, 0) is 11.2 Å². The van der Waals surface area contributed by atoms with Gasteiger partial charge in [0.25, 0.3) is 0 Å². The van der Waals surface area contributed by atoms with Crippen LogP contribution in [0.1, 0.15) is 5.56 Å². The molecule has 2 rings (SSSR count). The van der Waals surface area contributed by atoms with Crippen LogP contribution in [-0.4, -0.2) is 25.2 Å². The maximum atomic E-state index is 12.1. The Labute approximate surface area is 133 Å². The van der Waals surface area contributed by atoms with Crippen molar-refractivity contribution in [1.82, 2.24) is 0 Å². The first-order chi connectivity index (χ1) is 10.5. The van der Waals surface area contributed by atoms with E-state index in [2.05, 4.69) is 5.32 Å². The Morgan fingerprint density at radius 2 is 1.77 bits per heavy atom. The van der Waals surface area contributed by atoms with Crippen LogP contribution in [0.15, 0.2) is 36.4 Å². The minimum atomic E-state index is -0.214. The van der Waals surface area contributed by atoms with Crippen molar-refractivity contribution < 1.29 is 19.4 Å². The fraction of sp³-hybridized carbons (Fsp3) is 0.188. The predicted molar refractivity (Wildman–Crippen MR) is 85.0 cm³/mol. The van der Waals surface area contributed by atoms with Crippen LogP contribution in [0.3, 0.4) is 0 Å². The van der Waals surface area contributed by atoms with Gasteiger partial charge in [-0.3, -0.25) is 4.79 Å². The SMILES string of the molecule is COc1cc(NC(=O)Cc2ccc(O)cc2)c(OC)cc1Cl.